The fraction of sp³-hybridized carbons (Fsp3) is 0.833. The maximum atomic E-state index is 11.8. The highest BCUT2D eigenvalue weighted by atomic mass is 16.2. The van der Waals surface area contributed by atoms with Gasteiger partial charge >= 0.3 is 0 Å². The molecule has 1 saturated carbocycles. The van der Waals surface area contributed by atoms with Crippen LogP contribution in [0, 0.1) is 17.2 Å². The molecule has 1 aliphatic carbocycles. The average Bonchev–Trinajstić information content (AvgIpc) is 2.74. The van der Waals surface area contributed by atoms with Gasteiger partial charge in [0.25, 0.3) is 0 Å². The summed E-state index contributed by atoms with van der Waals surface area (Å²) in [5.41, 5.74) is 0. The zero-order valence-corrected chi connectivity index (χ0v) is 10.4. The van der Waals surface area contributed by atoms with E-state index in [-0.39, 0.29) is 23.9 Å². The van der Waals surface area contributed by atoms with Crippen LogP contribution in [-0.4, -0.2) is 36.5 Å². The molecule has 3 unspecified atom stereocenters. The fourth-order valence-electron chi connectivity index (χ4n) is 2.19. The summed E-state index contributed by atoms with van der Waals surface area (Å²) in [6, 6.07) is 2.31. The lowest BCUT2D eigenvalue weighted by Gasteiger charge is -2.24. The number of nitrogens with one attached hydrogen (secondary N) is 1. The molecule has 16 heavy (non-hydrogen) atoms. The van der Waals surface area contributed by atoms with Crippen molar-refractivity contribution in [3.8, 4) is 6.07 Å². The Kier molecular flexibility index (Phi) is 4.75. The SMILES string of the molecule is CCN(C)C(=O)C(C)NC1CCCC1C#N. The maximum Gasteiger partial charge on any atom is 0.239 e. The molecule has 90 valence electrons. The summed E-state index contributed by atoms with van der Waals surface area (Å²) in [5.74, 6) is 0.174. The number of nitrogens with zero attached hydrogens (tertiary/aromatic N) is 2. The minimum Gasteiger partial charge on any atom is -0.345 e. The molecule has 0 spiro atoms. The van der Waals surface area contributed by atoms with Crippen molar-refractivity contribution in [3.05, 3.63) is 0 Å². The highest BCUT2D eigenvalue weighted by molar-refractivity contribution is 5.81. The summed E-state index contributed by atoms with van der Waals surface area (Å²) < 4.78 is 0. The van der Waals surface area contributed by atoms with Crippen molar-refractivity contribution in [1.82, 2.24) is 10.2 Å². The van der Waals surface area contributed by atoms with Crippen LogP contribution < -0.4 is 5.32 Å². The van der Waals surface area contributed by atoms with Gasteiger partial charge in [0.15, 0.2) is 0 Å². The van der Waals surface area contributed by atoms with Gasteiger partial charge in [-0.1, -0.05) is 6.42 Å². The monoisotopic (exact) mass is 223 g/mol. The van der Waals surface area contributed by atoms with Crippen LogP contribution in [0.4, 0.5) is 0 Å². The van der Waals surface area contributed by atoms with Crippen LogP contribution in [0.5, 0.6) is 0 Å². The second kappa shape index (κ2) is 5.86. The number of likely N-dealkylation sites (N-methyl/N-ethyl adjacent to an activating group) is 1. The molecule has 0 aromatic heterocycles. The number of amides is 1. The molecule has 4 nitrogen and oxygen atoms in total. The van der Waals surface area contributed by atoms with E-state index in [0.717, 1.165) is 25.8 Å². The third kappa shape index (κ3) is 2.96. The lowest BCUT2D eigenvalue weighted by molar-refractivity contribution is -0.131. The molecule has 0 aliphatic heterocycles. The van der Waals surface area contributed by atoms with E-state index in [9.17, 15) is 4.79 Å². The van der Waals surface area contributed by atoms with Crippen molar-refractivity contribution in [1.29, 1.82) is 5.26 Å². The van der Waals surface area contributed by atoms with Crippen molar-refractivity contribution in [2.24, 2.45) is 5.92 Å². The van der Waals surface area contributed by atoms with Gasteiger partial charge in [0, 0.05) is 19.6 Å². The first-order valence-electron chi connectivity index (χ1n) is 6.00. The molecule has 1 aliphatic rings. The zero-order valence-electron chi connectivity index (χ0n) is 10.4. The van der Waals surface area contributed by atoms with Crippen molar-refractivity contribution >= 4 is 5.91 Å². The molecular formula is C12H21N3O. The van der Waals surface area contributed by atoms with Gasteiger partial charge in [-0.15, -0.1) is 0 Å². The van der Waals surface area contributed by atoms with Crippen molar-refractivity contribution in [3.63, 3.8) is 0 Å². The van der Waals surface area contributed by atoms with Crippen molar-refractivity contribution in [2.45, 2.75) is 45.2 Å². The molecule has 1 fully saturated rings. The van der Waals surface area contributed by atoms with Crippen LogP contribution in [0.1, 0.15) is 33.1 Å². The average molecular weight is 223 g/mol. The van der Waals surface area contributed by atoms with Crippen LogP contribution in [0.25, 0.3) is 0 Å². The smallest absolute Gasteiger partial charge is 0.239 e. The molecule has 3 atom stereocenters. The van der Waals surface area contributed by atoms with Crippen molar-refractivity contribution < 1.29 is 4.79 Å². The van der Waals surface area contributed by atoms with Gasteiger partial charge < -0.3 is 10.2 Å². The molecule has 1 rings (SSSR count). The Morgan fingerprint density at radius 3 is 2.88 bits per heavy atom. The highest BCUT2D eigenvalue weighted by Crippen LogP contribution is 2.25. The summed E-state index contributed by atoms with van der Waals surface area (Å²) in [6.07, 6.45) is 3.05. The van der Waals surface area contributed by atoms with E-state index in [2.05, 4.69) is 11.4 Å². The summed E-state index contributed by atoms with van der Waals surface area (Å²) in [7, 11) is 1.80. The number of carbonyl (C=O) groups excluding carboxylic acids is 1. The molecule has 0 aromatic carbocycles. The van der Waals surface area contributed by atoms with E-state index in [0.29, 0.717) is 0 Å². The summed E-state index contributed by atoms with van der Waals surface area (Å²) in [4.78, 5) is 13.5. The minimum atomic E-state index is -0.191. The van der Waals surface area contributed by atoms with Crippen LogP contribution >= 0.6 is 0 Å². The first-order chi connectivity index (χ1) is 7.60. The summed E-state index contributed by atoms with van der Waals surface area (Å²) in [6.45, 7) is 4.55. The molecule has 0 bridgehead atoms. The Hall–Kier alpha value is -1.08. The Morgan fingerprint density at radius 2 is 2.31 bits per heavy atom. The van der Waals surface area contributed by atoms with E-state index >= 15 is 0 Å². The van der Waals surface area contributed by atoms with Crippen LogP contribution in [0.15, 0.2) is 0 Å². The van der Waals surface area contributed by atoms with E-state index in [4.69, 9.17) is 5.26 Å². The maximum absolute atomic E-state index is 11.8. The van der Waals surface area contributed by atoms with Gasteiger partial charge in [-0.05, 0) is 26.7 Å². The Labute approximate surface area is 97.6 Å². The van der Waals surface area contributed by atoms with Gasteiger partial charge in [0.1, 0.15) is 0 Å². The quantitative estimate of drug-likeness (QED) is 0.777. The number of nitriles is 1. The van der Waals surface area contributed by atoms with Gasteiger partial charge in [-0.3, -0.25) is 4.79 Å². The van der Waals surface area contributed by atoms with Crippen LogP contribution in [0.3, 0.4) is 0 Å². The fourth-order valence-corrected chi connectivity index (χ4v) is 2.19. The molecule has 1 N–H and O–H groups in total. The Morgan fingerprint density at radius 1 is 1.62 bits per heavy atom. The lowest BCUT2D eigenvalue weighted by atomic mass is 10.0. The molecule has 0 radical (unpaired) electrons. The van der Waals surface area contributed by atoms with Crippen molar-refractivity contribution in [2.75, 3.05) is 13.6 Å². The van der Waals surface area contributed by atoms with Crippen LogP contribution in [0.2, 0.25) is 0 Å². The molecule has 0 aromatic rings. The molecule has 0 heterocycles. The summed E-state index contributed by atoms with van der Waals surface area (Å²) >= 11 is 0. The predicted octanol–water partition coefficient (Wildman–Crippen LogP) is 1.14. The summed E-state index contributed by atoms with van der Waals surface area (Å²) in [5, 5.41) is 12.2. The van der Waals surface area contributed by atoms with Crippen LogP contribution in [-0.2, 0) is 4.79 Å². The number of carbonyl (C=O) groups is 1. The first-order valence-corrected chi connectivity index (χ1v) is 6.00. The van der Waals surface area contributed by atoms with E-state index in [1.54, 1.807) is 11.9 Å². The molecular weight excluding hydrogens is 202 g/mol. The first kappa shape index (κ1) is 13.0. The molecule has 0 saturated heterocycles. The Balaban J connectivity index is 2.48. The zero-order chi connectivity index (χ0) is 12.1. The predicted molar refractivity (Wildman–Crippen MR) is 62.7 cm³/mol. The van der Waals surface area contributed by atoms with E-state index in [1.165, 1.54) is 0 Å². The van der Waals surface area contributed by atoms with Gasteiger partial charge in [0.2, 0.25) is 5.91 Å². The Bertz CT molecular complexity index is 284. The van der Waals surface area contributed by atoms with Gasteiger partial charge in [0.05, 0.1) is 18.0 Å². The largest absolute Gasteiger partial charge is 0.345 e. The lowest BCUT2D eigenvalue weighted by Crippen LogP contribution is -2.48. The molecule has 1 amide bonds. The topological polar surface area (TPSA) is 56.1 Å². The third-order valence-corrected chi connectivity index (χ3v) is 3.37. The second-order valence-corrected chi connectivity index (χ2v) is 4.51. The second-order valence-electron chi connectivity index (χ2n) is 4.51. The number of rotatable bonds is 4. The van der Waals surface area contributed by atoms with E-state index in [1.807, 2.05) is 13.8 Å². The number of hydrogen-bond acceptors (Lipinski definition) is 3. The number of hydrogen-bond donors (Lipinski definition) is 1. The normalized spacial score (nSPS) is 26.1. The van der Waals surface area contributed by atoms with E-state index < -0.39 is 0 Å². The van der Waals surface area contributed by atoms with Gasteiger partial charge in [-0.2, -0.15) is 5.26 Å². The third-order valence-electron chi connectivity index (χ3n) is 3.37. The van der Waals surface area contributed by atoms with Gasteiger partial charge in [-0.25, -0.2) is 0 Å². The standard InChI is InChI=1S/C12H21N3O/c1-4-15(3)12(16)9(2)14-11-7-5-6-10(11)8-13/h9-11,14H,4-7H2,1-3H3. The highest BCUT2D eigenvalue weighted by Gasteiger charge is 2.29. The molecule has 4 heteroatoms. The minimum absolute atomic E-state index is 0.0715.